The van der Waals surface area contributed by atoms with Crippen LogP contribution >= 0.6 is 0 Å². The van der Waals surface area contributed by atoms with E-state index in [0.717, 1.165) is 5.56 Å². The molecule has 0 aliphatic heterocycles. The van der Waals surface area contributed by atoms with Crippen molar-refractivity contribution < 1.29 is 9.18 Å². The molecule has 2 rings (SSSR count). The Morgan fingerprint density at radius 1 is 1.05 bits per heavy atom. The maximum absolute atomic E-state index is 12.9. The Kier molecular flexibility index (Phi) is 4.18. The van der Waals surface area contributed by atoms with Gasteiger partial charge in [-0.15, -0.1) is 0 Å². The fraction of sp³-hybridized carbons (Fsp3) is 0.235. The predicted octanol–water partition coefficient (Wildman–Crippen LogP) is 3.97. The van der Waals surface area contributed by atoms with Gasteiger partial charge in [0.25, 0.3) is 5.91 Å². The van der Waals surface area contributed by atoms with Gasteiger partial charge in [-0.2, -0.15) is 0 Å². The number of halogens is 1. The fourth-order valence-corrected chi connectivity index (χ4v) is 2.04. The zero-order valence-corrected chi connectivity index (χ0v) is 11.9. The average Bonchev–Trinajstić information content (AvgIpc) is 2.46. The average molecular weight is 271 g/mol. The molecule has 2 aromatic carbocycles. The molecule has 1 unspecified atom stereocenters. The van der Waals surface area contributed by atoms with E-state index < -0.39 is 0 Å². The number of hydrogen-bond donors (Lipinski definition) is 0. The molecule has 0 aromatic heterocycles. The summed E-state index contributed by atoms with van der Waals surface area (Å²) in [4.78, 5) is 14.0. The number of benzene rings is 2. The van der Waals surface area contributed by atoms with Crippen LogP contribution in [0.15, 0.2) is 48.5 Å². The van der Waals surface area contributed by atoms with Crippen LogP contribution in [-0.2, 0) is 0 Å². The molecule has 0 spiro atoms. The van der Waals surface area contributed by atoms with Crippen molar-refractivity contribution in [3.63, 3.8) is 0 Å². The highest BCUT2D eigenvalue weighted by atomic mass is 19.1. The predicted molar refractivity (Wildman–Crippen MR) is 78.1 cm³/mol. The van der Waals surface area contributed by atoms with Crippen molar-refractivity contribution in [2.75, 3.05) is 7.05 Å². The summed E-state index contributed by atoms with van der Waals surface area (Å²) in [5.41, 5.74) is 2.76. The molecule has 0 saturated heterocycles. The SMILES string of the molecule is Cc1ccc(C(C)N(C)C(=O)c2ccc(F)cc2)cc1. The van der Waals surface area contributed by atoms with Gasteiger partial charge in [0.1, 0.15) is 5.82 Å². The molecule has 0 bridgehead atoms. The van der Waals surface area contributed by atoms with Crippen LogP contribution in [0.25, 0.3) is 0 Å². The summed E-state index contributed by atoms with van der Waals surface area (Å²) >= 11 is 0. The van der Waals surface area contributed by atoms with E-state index in [4.69, 9.17) is 0 Å². The maximum atomic E-state index is 12.9. The normalized spacial score (nSPS) is 12.0. The highest BCUT2D eigenvalue weighted by Crippen LogP contribution is 2.21. The molecular formula is C17H18FNO. The van der Waals surface area contributed by atoms with E-state index >= 15 is 0 Å². The summed E-state index contributed by atoms with van der Waals surface area (Å²) in [6, 6.07) is 13.7. The van der Waals surface area contributed by atoms with Crippen LogP contribution in [0.4, 0.5) is 4.39 Å². The molecule has 0 heterocycles. The molecule has 2 aromatic rings. The van der Waals surface area contributed by atoms with Crippen LogP contribution < -0.4 is 0 Å². The summed E-state index contributed by atoms with van der Waals surface area (Å²) in [7, 11) is 1.76. The van der Waals surface area contributed by atoms with Gasteiger partial charge in [-0.1, -0.05) is 29.8 Å². The van der Waals surface area contributed by atoms with Gasteiger partial charge in [0.2, 0.25) is 0 Å². The van der Waals surface area contributed by atoms with Gasteiger partial charge in [-0.3, -0.25) is 4.79 Å². The lowest BCUT2D eigenvalue weighted by Gasteiger charge is -2.25. The van der Waals surface area contributed by atoms with Gasteiger partial charge in [-0.05, 0) is 43.7 Å². The van der Waals surface area contributed by atoms with Gasteiger partial charge >= 0.3 is 0 Å². The van der Waals surface area contributed by atoms with Gasteiger partial charge in [0, 0.05) is 12.6 Å². The minimum Gasteiger partial charge on any atom is -0.335 e. The number of carbonyl (C=O) groups excluding carboxylic acids is 1. The van der Waals surface area contributed by atoms with E-state index in [1.54, 1.807) is 11.9 Å². The van der Waals surface area contributed by atoms with Crippen LogP contribution in [0.2, 0.25) is 0 Å². The number of nitrogens with zero attached hydrogens (tertiary/aromatic N) is 1. The number of amides is 1. The third-order valence-electron chi connectivity index (χ3n) is 3.55. The zero-order valence-electron chi connectivity index (χ0n) is 11.9. The first-order valence-electron chi connectivity index (χ1n) is 6.58. The zero-order chi connectivity index (χ0) is 14.7. The van der Waals surface area contributed by atoms with E-state index in [-0.39, 0.29) is 17.8 Å². The number of aryl methyl sites for hydroxylation is 1. The summed E-state index contributed by atoms with van der Waals surface area (Å²) in [5, 5.41) is 0. The van der Waals surface area contributed by atoms with Crippen molar-refractivity contribution in [1.29, 1.82) is 0 Å². The molecule has 0 N–H and O–H groups in total. The molecule has 0 radical (unpaired) electrons. The topological polar surface area (TPSA) is 20.3 Å². The molecule has 3 heteroatoms. The third-order valence-corrected chi connectivity index (χ3v) is 3.55. The Hall–Kier alpha value is -2.16. The lowest BCUT2D eigenvalue weighted by Crippen LogP contribution is -2.29. The molecule has 104 valence electrons. The molecule has 0 aliphatic rings. The van der Waals surface area contributed by atoms with E-state index in [1.807, 2.05) is 38.1 Å². The van der Waals surface area contributed by atoms with Crippen LogP contribution in [0.5, 0.6) is 0 Å². The third kappa shape index (κ3) is 3.05. The van der Waals surface area contributed by atoms with Gasteiger partial charge in [0.05, 0.1) is 6.04 Å². The molecule has 1 amide bonds. The van der Waals surface area contributed by atoms with Crippen molar-refractivity contribution in [1.82, 2.24) is 4.90 Å². The first kappa shape index (κ1) is 14.3. The standard InChI is InChI=1S/C17H18FNO/c1-12-4-6-14(7-5-12)13(2)19(3)17(20)15-8-10-16(18)11-9-15/h4-11,13H,1-3H3. The van der Waals surface area contributed by atoms with Crippen molar-refractivity contribution >= 4 is 5.91 Å². The Bertz CT molecular complexity index is 589. The molecule has 0 saturated carbocycles. The van der Waals surface area contributed by atoms with Crippen molar-refractivity contribution in [3.05, 3.63) is 71.0 Å². The minimum absolute atomic E-state index is 0.0341. The lowest BCUT2D eigenvalue weighted by molar-refractivity contribution is 0.0742. The molecule has 0 fully saturated rings. The van der Waals surface area contributed by atoms with Crippen molar-refractivity contribution in [2.24, 2.45) is 0 Å². The summed E-state index contributed by atoms with van der Waals surface area (Å²) in [6.45, 7) is 4.01. The Morgan fingerprint density at radius 3 is 2.15 bits per heavy atom. The van der Waals surface area contributed by atoms with Crippen molar-refractivity contribution in [2.45, 2.75) is 19.9 Å². The van der Waals surface area contributed by atoms with Gasteiger partial charge < -0.3 is 4.90 Å². The highest BCUT2D eigenvalue weighted by Gasteiger charge is 2.18. The second-order valence-electron chi connectivity index (χ2n) is 5.01. The van der Waals surface area contributed by atoms with E-state index in [1.165, 1.54) is 29.8 Å². The summed E-state index contributed by atoms with van der Waals surface area (Å²) in [5.74, 6) is -0.450. The summed E-state index contributed by atoms with van der Waals surface area (Å²) < 4.78 is 12.9. The molecule has 20 heavy (non-hydrogen) atoms. The Balaban J connectivity index is 2.17. The molecular weight excluding hydrogens is 253 g/mol. The Labute approximate surface area is 118 Å². The molecule has 0 aliphatic carbocycles. The monoisotopic (exact) mass is 271 g/mol. The van der Waals surface area contributed by atoms with E-state index in [0.29, 0.717) is 5.56 Å². The van der Waals surface area contributed by atoms with Crippen LogP contribution in [-0.4, -0.2) is 17.9 Å². The quantitative estimate of drug-likeness (QED) is 0.827. The lowest BCUT2D eigenvalue weighted by atomic mass is 10.0. The minimum atomic E-state index is -0.337. The van der Waals surface area contributed by atoms with Crippen LogP contribution in [0.1, 0.15) is 34.5 Å². The number of hydrogen-bond acceptors (Lipinski definition) is 1. The number of rotatable bonds is 3. The van der Waals surface area contributed by atoms with Crippen LogP contribution in [0, 0.1) is 12.7 Å². The second kappa shape index (κ2) is 5.87. The molecule has 2 nitrogen and oxygen atoms in total. The fourth-order valence-electron chi connectivity index (χ4n) is 2.04. The largest absolute Gasteiger partial charge is 0.335 e. The van der Waals surface area contributed by atoms with Crippen LogP contribution in [0.3, 0.4) is 0 Å². The van der Waals surface area contributed by atoms with E-state index in [2.05, 4.69) is 0 Å². The summed E-state index contributed by atoms with van der Waals surface area (Å²) in [6.07, 6.45) is 0. The highest BCUT2D eigenvalue weighted by molar-refractivity contribution is 5.94. The molecule has 1 atom stereocenters. The first-order chi connectivity index (χ1) is 9.49. The maximum Gasteiger partial charge on any atom is 0.254 e. The van der Waals surface area contributed by atoms with E-state index in [9.17, 15) is 9.18 Å². The number of carbonyl (C=O) groups is 1. The van der Waals surface area contributed by atoms with Gasteiger partial charge in [0.15, 0.2) is 0 Å². The second-order valence-corrected chi connectivity index (χ2v) is 5.01. The Morgan fingerprint density at radius 2 is 1.60 bits per heavy atom. The van der Waals surface area contributed by atoms with Crippen molar-refractivity contribution in [3.8, 4) is 0 Å². The smallest absolute Gasteiger partial charge is 0.254 e. The first-order valence-corrected chi connectivity index (χ1v) is 6.58. The van der Waals surface area contributed by atoms with Gasteiger partial charge in [-0.25, -0.2) is 4.39 Å².